The Kier molecular flexibility index (Phi) is 5.01. The molecule has 0 aliphatic carbocycles. The second-order valence-corrected chi connectivity index (χ2v) is 4.86. The predicted octanol–water partition coefficient (Wildman–Crippen LogP) is 2.79. The summed E-state index contributed by atoms with van der Waals surface area (Å²) in [6, 6.07) is 8.12. The number of rotatable bonds is 4. The molecule has 0 aliphatic rings. The van der Waals surface area contributed by atoms with Crippen LogP contribution in [0.25, 0.3) is 0 Å². The van der Waals surface area contributed by atoms with Gasteiger partial charge in [-0.15, -0.1) is 0 Å². The highest BCUT2D eigenvalue weighted by Crippen LogP contribution is 2.09. The number of carbonyl (C=O) groups is 1. The van der Waals surface area contributed by atoms with E-state index in [-0.39, 0.29) is 6.03 Å². The number of carbonyl (C=O) groups excluding carboxylic acids is 1. The van der Waals surface area contributed by atoms with E-state index in [9.17, 15) is 4.79 Å². The van der Waals surface area contributed by atoms with Crippen molar-refractivity contribution in [1.29, 1.82) is 0 Å². The molecule has 3 nitrogen and oxygen atoms in total. The molecule has 0 aliphatic heterocycles. The predicted molar refractivity (Wildman–Crippen MR) is 70.9 cm³/mol. The first-order chi connectivity index (χ1) is 8.00. The van der Waals surface area contributed by atoms with Gasteiger partial charge in [0.05, 0.1) is 0 Å². The number of nitrogens with one attached hydrogen (secondary N) is 1. The molecular weight excluding hydrogens is 212 g/mol. The van der Waals surface area contributed by atoms with Crippen molar-refractivity contribution in [3.8, 4) is 0 Å². The standard InChI is InChI=1S/C14H22N2O/c1-11(2)9-15-14(17)16(4)10-13-8-6-5-7-12(13)3/h5-8,11H,9-10H2,1-4H3,(H,15,17). The lowest BCUT2D eigenvalue weighted by Crippen LogP contribution is -2.38. The number of hydrogen-bond donors (Lipinski definition) is 1. The van der Waals surface area contributed by atoms with Gasteiger partial charge in [-0.3, -0.25) is 0 Å². The SMILES string of the molecule is Cc1ccccc1CN(C)C(=O)NCC(C)C. The summed E-state index contributed by atoms with van der Waals surface area (Å²) in [4.78, 5) is 13.5. The summed E-state index contributed by atoms with van der Waals surface area (Å²) in [5.74, 6) is 0.478. The Morgan fingerprint density at radius 3 is 2.59 bits per heavy atom. The molecule has 1 rings (SSSR count). The average molecular weight is 234 g/mol. The molecule has 0 aromatic heterocycles. The third-order valence-corrected chi connectivity index (χ3v) is 2.68. The van der Waals surface area contributed by atoms with Gasteiger partial charge in [-0.25, -0.2) is 4.79 Å². The van der Waals surface area contributed by atoms with Crippen LogP contribution in [0.15, 0.2) is 24.3 Å². The van der Waals surface area contributed by atoms with Crippen LogP contribution >= 0.6 is 0 Å². The summed E-state index contributed by atoms with van der Waals surface area (Å²) in [7, 11) is 1.82. The van der Waals surface area contributed by atoms with Gasteiger partial charge in [0, 0.05) is 20.1 Å². The van der Waals surface area contributed by atoms with Gasteiger partial charge < -0.3 is 10.2 Å². The Morgan fingerprint density at radius 1 is 1.35 bits per heavy atom. The number of benzene rings is 1. The van der Waals surface area contributed by atoms with E-state index in [1.54, 1.807) is 4.90 Å². The number of nitrogens with zero attached hydrogens (tertiary/aromatic N) is 1. The Bertz CT molecular complexity index is 374. The summed E-state index contributed by atoms with van der Waals surface area (Å²) in [5.41, 5.74) is 2.41. The fourth-order valence-electron chi connectivity index (χ4n) is 1.54. The average Bonchev–Trinajstić information content (AvgIpc) is 2.28. The summed E-state index contributed by atoms with van der Waals surface area (Å²) in [5, 5.41) is 2.91. The largest absolute Gasteiger partial charge is 0.338 e. The summed E-state index contributed by atoms with van der Waals surface area (Å²) in [6.45, 7) is 7.60. The highest BCUT2D eigenvalue weighted by molar-refractivity contribution is 5.73. The van der Waals surface area contributed by atoms with E-state index < -0.39 is 0 Å². The summed E-state index contributed by atoms with van der Waals surface area (Å²) < 4.78 is 0. The minimum atomic E-state index is -0.0121. The van der Waals surface area contributed by atoms with E-state index in [4.69, 9.17) is 0 Å². The van der Waals surface area contributed by atoms with Crippen molar-refractivity contribution in [2.45, 2.75) is 27.3 Å². The first-order valence-electron chi connectivity index (χ1n) is 6.04. The van der Waals surface area contributed by atoms with E-state index in [1.807, 2.05) is 19.2 Å². The molecule has 1 aromatic carbocycles. The van der Waals surface area contributed by atoms with Gasteiger partial charge >= 0.3 is 6.03 Å². The Morgan fingerprint density at radius 2 is 2.00 bits per heavy atom. The van der Waals surface area contributed by atoms with Crippen LogP contribution in [-0.2, 0) is 6.54 Å². The highest BCUT2D eigenvalue weighted by atomic mass is 16.2. The van der Waals surface area contributed by atoms with E-state index in [0.29, 0.717) is 12.5 Å². The van der Waals surface area contributed by atoms with Crippen LogP contribution in [0.4, 0.5) is 4.79 Å². The van der Waals surface area contributed by atoms with Crippen LogP contribution in [0.2, 0.25) is 0 Å². The van der Waals surface area contributed by atoms with Crippen molar-refractivity contribution in [1.82, 2.24) is 10.2 Å². The first-order valence-corrected chi connectivity index (χ1v) is 6.04. The molecule has 1 N–H and O–H groups in total. The zero-order valence-corrected chi connectivity index (χ0v) is 11.2. The molecular formula is C14H22N2O. The van der Waals surface area contributed by atoms with Crippen molar-refractivity contribution in [3.05, 3.63) is 35.4 Å². The van der Waals surface area contributed by atoms with Gasteiger partial charge in [-0.2, -0.15) is 0 Å². The fraction of sp³-hybridized carbons (Fsp3) is 0.500. The Labute approximate surface area is 104 Å². The lowest BCUT2D eigenvalue weighted by molar-refractivity contribution is 0.205. The molecule has 94 valence electrons. The summed E-state index contributed by atoms with van der Waals surface area (Å²) in [6.07, 6.45) is 0. The van der Waals surface area contributed by atoms with Crippen molar-refractivity contribution in [2.75, 3.05) is 13.6 Å². The van der Waals surface area contributed by atoms with E-state index in [0.717, 1.165) is 6.54 Å². The Hall–Kier alpha value is -1.51. The number of aryl methyl sites for hydroxylation is 1. The zero-order chi connectivity index (χ0) is 12.8. The monoisotopic (exact) mass is 234 g/mol. The van der Waals surface area contributed by atoms with Gasteiger partial charge in [0.2, 0.25) is 0 Å². The minimum absolute atomic E-state index is 0.0121. The van der Waals surface area contributed by atoms with Gasteiger partial charge in [0.1, 0.15) is 0 Å². The van der Waals surface area contributed by atoms with Crippen molar-refractivity contribution < 1.29 is 4.79 Å². The smallest absolute Gasteiger partial charge is 0.317 e. The molecule has 0 heterocycles. The molecule has 0 fully saturated rings. The fourth-order valence-corrected chi connectivity index (χ4v) is 1.54. The van der Waals surface area contributed by atoms with Crippen LogP contribution in [0.5, 0.6) is 0 Å². The van der Waals surface area contributed by atoms with Gasteiger partial charge in [0.15, 0.2) is 0 Å². The first kappa shape index (κ1) is 13.6. The maximum absolute atomic E-state index is 11.8. The molecule has 0 unspecified atom stereocenters. The molecule has 17 heavy (non-hydrogen) atoms. The summed E-state index contributed by atoms with van der Waals surface area (Å²) >= 11 is 0. The third-order valence-electron chi connectivity index (χ3n) is 2.68. The van der Waals surface area contributed by atoms with Gasteiger partial charge in [0.25, 0.3) is 0 Å². The lowest BCUT2D eigenvalue weighted by atomic mass is 10.1. The number of amides is 2. The number of urea groups is 1. The second-order valence-electron chi connectivity index (χ2n) is 4.86. The highest BCUT2D eigenvalue weighted by Gasteiger charge is 2.09. The molecule has 3 heteroatoms. The molecule has 2 amide bonds. The van der Waals surface area contributed by atoms with E-state index in [1.165, 1.54) is 11.1 Å². The second kappa shape index (κ2) is 6.28. The van der Waals surface area contributed by atoms with Crippen LogP contribution in [0.3, 0.4) is 0 Å². The maximum Gasteiger partial charge on any atom is 0.317 e. The lowest BCUT2D eigenvalue weighted by Gasteiger charge is -2.19. The van der Waals surface area contributed by atoms with Crippen LogP contribution in [0.1, 0.15) is 25.0 Å². The normalized spacial score (nSPS) is 10.4. The molecule has 0 saturated heterocycles. The maximum atomic E-state index is 11.8. The van der Waals surface area contributed by atoms with E-state index >= 15 is 0 Å². The quantitative estimate of drug-likeness (QED) is 0.853. The molecule has 0 radical (unpaired) electrons. The van der Waals surface area contributed by atoms with Gasteiger partial charge in [-0.05, 0) is 24.0 Å². The van der Waals surface area contributed by atoms with Crippen molar-refractivity contribution in [3.63, 3.8) is 0 Å². The third kappa shape index (κ3) is 4.47. The van der Waals surface area contributed by atoms with Gasteiger partial charge in [-0.1, -0.05) is 38.1 Å². The minimum Gasteiger partial charge on any atom is -0.338 e. The van der Waals surface area contributed by atoms with Crippen molar-refractivity contribution in [2.24, 2.45) is 5.92 Å². The van der Waals surface area contributed by atoms with Crippen LogP contribution in [0, 0.1) is 12.8 Å². The van der Waals surface area contributed by atoms with Crippen molar-refractivity contribution >= 4 is 6.03 Å². The number of hydrogen-bond acceptors (Lipinski definition) is 1. The van der Waals surface area contributed by atoms with E-state index in [2.05, 4.69) is 38.2 Å². The molecule has 1 aromatic rings. The molecule has 0 spiro atoms. The molecule has 0 saturated carbocycles. The zero-order valence-electron chi connectivity index (χ0n) is 11.2. The molecule has 0 bridgehead atoms. The molecule has 0 atom stereocenters. The van der Waals surface area contributed by atoms with Crippen LogP contribution < -0.4 is 5.32 Å². The Balaban J connectivity index is 2.51. The van der Waals surface area contributed by atoms with Crippen LogP contribution in [-0.4, -0.2) is 24.5 Å². The topological polar surface area (TPSA) is 32.3 Å².